The Hall–Kier alpha value is -0.0900. The second kappa shape index (κ2) is 11.5. The molecule has 1 aliphatic heterocycles. The van der Waals surface area contributed by atoms with E-state index in [0.29, 0.717) is 4.08 Å². The van der Waals surface area contributed by atoms with E-state index in [1.165, 1.54) is 76.4 Å². The minimum absolute atomic E-state index is 0.465. The molecule has 0 bridgehead atoms. The zero-order valence-electron chi connectivity index (χ0n) is 15.7. The molecule has 4 heteroatoms. The first kappa shape index (κ1) is 20.2. The van der Waals surface area contributed by atoms with Gasteiger partial charge in [-0.2, -0.15) is 0 Å². The van der Waals surface area contributed by atoms with Crippen molar-refractivity contribution in [3.05, 3.63) is 18.7 Å². The van der Waals surface area contributed by atoms with Crippen LogP contribution >= 0.6 is 23.5 Å². The maximum Gasteiger partial charge on any atom is 0.0945 e. The number of nitrogens with zero attached hydrogens (tertiary/aromatic N) is 2. The fourth-order valence-electron chi connectivity index (χ4n) is 3.45. The van der Waals surface area contributed by atoms with E-state index in [2.05, 4.69) is 53.1 Å². The van der Waals surface area contributed by atoms with Gasteiger partial charge in [-0.3, -0.25) is 0 Å². The van der Waals surface area contributed by atoms with Gasteiger partial charge in [-0.25, -0.2) is 4.98 Å². The molecule has 0 N–H and O–H groups in total. The summed E-state index contributed by atoms with van der Waals surface area (Å²) in [7, 11) is 0. The molecule has 1 aromatic heterocycles. The van der Waals surface area contributed by atoms with Crippen LogP contribution in [0.4, 0.5) is 0 Å². The summed E-state index contributed by atoms with van der Waals surface area (Å²) in [4.78, 5) is 4.19. The number of imidazole rings is 1. The molecule has 1 aliphatic rings. The topological polar surface area (TPSA) is 17.8 Å². The minimum Gasteiger partial charge on any atom is -0.337 e. The van der Waals surface area contributed by atoms with E-state index in [9.17, 15) is 0 Å². The van der Waals surface area contributed by atoms with E-state index in [4.69, 9.17) is 0 Å². The number of thioether (sulfide) groups is 2. The van der Waals surface area contributed by atoms with Gasteiger partial charge < -0.3 is 4.57 Å². The Morgan fingerprint density at radius 1 is 1.04 bits per heavy atom. The third kappa shape index (κ3) is 7.03. The highest BCUT2D eigenvalue weighted by atomic mass is 32.2. The Kier molecular flexibility index (Phi) is 9.70. The molecule has 0 aliphatic carbocycles. The van der Waals surface area contributed by atoms with Crippen molar-refractivity contribution < 1.29 is 0 Å². The lowest BCUT2D eigenvalue weighted by molar-refractivity contribution is 0.523. The van der Waals surface area contributed by atoms with Crippen molar-refractivity contribution in [2.75, 3.05) is 5.75 Å². The molecule has 0 spiro atoms. The van der Waals surface area contributed by atoms with Gasteiger partial charge in [-0.1, -0.05) is 65.2 Å². The summed E-state index contributed by atoms with van der Waals surface area (Å²) in [6.07, 6.45) is 21.3. The van der Waals surface area contributed by atoms with E-state index >= 15 is 0 Å². The first-order chi connectivity index (χ1) is 11.8. The number of unbranched alkanes of at least 4 members (excludes halogenated alkanes) is 7. The van der Waals surface area contributed by atoms with Crippen molar-refractivity contribution in [2.45, 2.75) is 100 Å². The first-order valence-electron chi connectivity index (χ1n) is 10.1. The standard InChI is InChI=1S/C20H36N2S2/c1-3-5-6-7-8-9-10-11-12-20(23-17-19(4-2)24-20)13-15-22-16-14-21-18-22/h14,16,18-19H,3-13,15,17H2,1-2H3. The van der Waals surface area contributed by atoms with Crippen LogP contribution in [0.3, 0.4) is 0 Å². The maximum atomic E-state index is 4.19. The SMILES string of the molecule is CCCCCCCCCCC1(CCn2ccnc2)SCC(CC)S1. The van der Waals surface area contributed by atoms with Gasteiger partial charge in [0.25, 0.3) is 0 Å². The van der Waals surface area contributed by atoms with Crippen molar-refractivity contribution >= 4 is 23.5 Å². The summed E-state index contributed by atoms with van der Waals surface area (Å²) >= 11 is 4.53. The van der Waals surface area contributed by atoms with E-state index < -0.39 is 0 Å². The van der Waals surface area contributed by atoms with E-state index in [1.54, 1.807) is 0 Å². The Labute approximate surface area is 158 Å². The fourth-order valence-corrected chi connectivity index (χ4v) is 7.31. The summed E-state index contributed by atoms with van der Waals surface area (Å²) in [6.45, 7) is 5.76. The smallest absolute Gasteiger partial charge is 0.0945 e. The normalized spacial score (nSPS) is 23.8. The zero-order chi connectivity index (χ0) is 17.1. The first-order valence-corrected chi connectivity index (χ1v) is 11.9. The number of rotatable bonds is 13. The summed E-state index contributed by atoms with van der Waals surface area (Å²) in [5.74, 6) is 1.35. The molecule has 2 atom stereocenters. The zero-order valence-corrected chi connectivity index (χ0v) is 17.3. The molecule has 138 valence electrons. The van der Waals surface area contributed by atoms with Crippen LogP contribution in [0.1, 0.15) is 84.5 Å². The second-order valence-corrected chi connectivity index (χ2v) is 10.5. The molecular weight excluding hydrogens is 332 g/mol. The van der Waals surface area contributed by atoms with Crippen LogP contribution in [0.15, 0.2) is 18.7 Å². The predicted molar refractivity (Wildman–Crippen MR) is 111 cm³/mol. The van der Waals surface area contributed by atoms with Crippen molar-refractivity contribution in [2.24, 2.45) is 0 Å². The maximum absolute atomic E-state index is 4.19. The van der Waals surface area contributed by atoms with Crippen molar-refractivity contribution in [3.8, 4) is 0 Å². The predicted octanol–water partition coefficient (Wildman–Crippen LogP) is 6.76. The summed E-state index contributed by atoms with van der Waals surface area (Å²) < 4.78 is 2.71. The molecule has 2 heterocycles. The van der Waals surface area contributed by atoms with Crippen LogP contribution in [0.2, 0.25) is 0 Å². The van der Waals surface area contributed by atoms with Crippen LogP contribution in [0.25, 0.3) is 0 Å². The van der Waals surface area contributed by atoms with Crippen molar-refractivity contribution in [1.29, 1.82) is 0 Å². The van der Waals surface area contributed by atoms with Crippen LogP contribution in [-0.2, 0) is 6.54 Å². The third-order valence-corrected chi connectivity index (χ3v) is 9.12. The average molecular weight is 369 g/mol. The third-order valence-electron chi connectivity index (χ3n) is 5.09. The van der Waals surface area contributed by atoms with Gasteiger partial charge >= 0.3 is 0 Å². The van der Waals surface area contributed by atoms with Gasteiger partial charge in [0, 0.05) is 29.9 Å². The van der Waals surface area contributed by atoms with Crippen LogP contribution in [-0.4, -0.2) is 24.6 Å². The van der Waals surface area contributed by atoms with Gasteiger partial charge in [0.2, 0.25) is 0 Å². The molecule has 1 saturated heterocycles. The van der Waals surface area contributed by atoms with Gasteiger partial charge in [-0.15, -0.1) is 23.5 Å². The molecule has 0 saturated carbocycles. The molecule has 1 aromatic rings. The lowest BCUT2D eigenvalue weighted by Crippen LogP contribution is -2.20. The van der Waals surface area contributed by atoms with Crippen molar-refractivity contribution in [3.63, 3.8) is 0 Å². The van der Waals surface area contributed by atoms with Gasteiger partial charge in [-0.05, 0) is 19.3 Å². The van der Waals surface area contributed by atoms with Crippen LogP contribution in [0.5, 0.6) is 0 Å². The minimum atomic E-state index is 0.465. The number of hydrogen-bond acceptors (Lipinski definition) is 3. The summed E-state index contributed by atoms with van der Waals surface area (Å²) in [5, 5.41) is 0.867. The molecule has 0 aromatic carbocycles. The van der Waals surface area contributed by atoms with Gasteiger partial charge in [0.05, 0.1) is 10.4 Å². The van der Waals surface area contributed by atoms with E-state index in [1.807, 2.05) is 12.5 Å². The number of aromatic nitrogens is 2. The average Bonchev–Trinajstić information content (AvgIpc) is 3.25. The molecule has 2 unspecified atom stereocenters. The monoisotopic (exact) mass is 368 g/mol. The highest BCUT2D eigenvalue weighted by Gasteiger charge is 2.39. The quantitative estimate of drug-likeness (QED) is 0.358. The Morgan fingerprint density at radius 2 is 1.79 bits per heavy atom. The highest BCUT2D eigenvalue weighted by Crippen LogP contribution is 2.54. The molecule has 0 radical (unpaired) electrons. The van der Waals surface area contributed by atoms with Crippen molar-refractivity contribution in [1.82, 2.24) is 9.55 Å². The molecular formula is C20H36N2S2. The van der Waals surface area contributed by atoms with E-state index in [-0.39, 0.29) is 0 Å². The molecule has 24 heavy (non-hydrogen) atoms. The van der Waals surface area contributed by atoms with E-state index in [0.717, 1.165) is 11.8 Å². The number of aryl methyl sites for hydroxylation is 1. The van der Waals surface area contributed by atoms with Crippen LogP contribution < -0.4 is 0 Å². The molecule has 2 rings (SSSR count). The summed E-state index contributed by atoms with van der Waals surface area (Å²) in [6, 6.07) is 0. The Morgan fingerprint density at radius 3 is 2.42 bits per heavy atom. The van der Waals surface area contributed by atoms with Crippen LogP contribution in [0, 0.1) is 0 Å². The molecule has 1 fully saturated rings. The molecule has 2 nitrogen and oxygen atoms in total. The number of hydrogen-bond donors (Lipinski definition) is 0. The summed E-state index contributed by atoms with van der Waals surface area (Å²) in [5.41, 5.74) is 0. The Bertz CT molecular complexity index is 421. The van der Waals surface area contributed by atoms with Gasteiger partial charge in [0.1, 0.15) is 0 Å². The largest absolute Gasteiger partial charge is 0.337 e. The van der Waals surface area contributed by atoms with Gasteiger partial charge in [0.15, 0.2) is 0 Å². The lowest BCUT2D eigenvalue weighted by atomic mass is 10.1. The highest BCUT2D eigenvalue weighted by molar-refractivity contribution is 8.21. The molecule has 0 amide bonds. The second-order valence-electron chi connectivity index (χ2n) is 7.15. The lowest BCUT2D eigenvalue weighted by Gasteiger charge is -2.28. The Balaban J connectivity index is 1.69. The fraction of sp³-hybridized carbons (Fsp3) is 0.850.